The molecule has 0 aromatic carbocycles. The Morgan fingerprint density at radius 2 is 0.469 bits per heavy atom. The first-order valence-electron chi connectivity index (χ1n) is 32.7. The molecule has 16 unspecified atom stereocenters. The van der Waals surface area contributed by atoms with Gasteiger partial charge >= 0.3 is 414 Å². The average Bonchev–Trinajstić information content (AvgIpc) is 0.792. The fourth-order valence-electron chi connectivity index (χ4n) is 8.85. The summed E-state index contributed by atoms with van der Waals surface area (Å²) in [6.07, 6.45) is -24.6. The van der Waals surface area contributed by atoms with Crippen molar-refractivity contribution < 1.29 is 713 Å². The number of unbranched alkanes of at least 4 members (excludes halogenated alkanes) is 6. The topological polar surface area (TPSA) is 1150 Å². The molecular weight excluding hydrogens is 2430 g/mol. The third-order valence-electron chi connectivity index (χ3n) is 12.9. The van der Waals surface area contributed by atoms with Gasteiger partial charge in [0, 0.05) is 76.8 Å². The molecule has 4 aliphatic heterocycles. The van der Waals surface area contributed by atoms with Crippen molar-refractivity contribution in [2.75, 3.05) is 65.9 Å². The minimum atomic E-state index is -5.72. The van der Waals surface area contributed by atoms with Gasteiger partial charge in [0.25, 0.3) is 0 Å². The first-order chi connectivity index (χ1) is 57.7. The van der Waals surface area contributed by atoms with Crippen molar-refractivity contribution >= 4 is 157 Å². The van der Waals surface area contributed by atoms with E-state index in [4.69, 9.17) is 153 Å². The summed E-state index contributed by atoms with van der Waals surface area (Å²) in [6.45, 7) is 5.49. The maximum absolute atomic E-state index is 12.3. The zero-order valence-electron chi connectivity index (χ0n) is 77.5. The van der Waals surface area contributed by atoms with Crippen LogP contribution in [0.2, 0.25) is 0 Å². The molecule has 4 saturated heterocycles. The van der Waals surface area contributed by atoms with E-state index >= 15 is 0 Å². The first-order valence-corrected chi connectivity index (χ1v) is 51.6. The van der Waals surface area contributed by atoms with Gasteiger partial charge in [0.2, 0.25) is 157 Å². The van der Waals surface area contributed by atoms with Gasteiger partial charge < -0.3 is 161 Å². The largest absolute Gasteiger partial charge is 1.00 e. The normalized spacial score (nSPS) is 22.3. The summed E-state index contributed by atoms with van der Waals surface area (Å²) in [4.78, 5) is 24.6. The summed E-state index contributed by atoms with van der Waals surface area (Å²) < 4.78 is 559. The first kappa shape index (κ1) is 192. The van der Waals surface area contributed by atoms with Crippen LogP contribution in [0.25, 0.3) is 0 Å². The molecule has 0 spiro atoms. The molecular formula is C45H74N2Na14O68S14-6. The molecule has 0 aromatic rings. The van der Waals surface area contributed by atoms with Crippen LogP contribution in [-0.4, -0.2) is 385 Å². The van der Waals surface area contributed by atoms with Crippen molar-refractivity contribution in [1.29, 1.82) is 0 Å². The Labute approximate surface area is 1130 Å². The van der Waals surface area contributed by atoms with Crippen LogP contribution in [0.5, 0.6) is 0 Å². The fraction of sp³-hybridized carbons (Fsp3) is 0.822. The molecule has 143 heavy (non-hydrogen) atoms. The fourth-order valence-corrected chi connectivity index (χ4v) is 12.1. The molecule has 0 radical (unpaired) electrons. The Balaban J connectivity index is -0.000000209. The molecule has 8 N–H and O–H groups in total. The number of hydrogen-bond donors (Lipinski definition) is 8. The van der Waals surface area contributed by atoms with Crippen LogP contribution in [0.3, 0.4) is 0 Å². The molecule has 4 heterocycles. The Morgan fingerprint density at radius 1 is 0.266 bits per heavy atom. The predicted octanol–water partition coefficient (Wildman–Crippen LogP) is -54.2. The molecule has 4 aliphatic rings. The number of nitrogens with one attached hydrogen (secondary N) is 2. The van der Waals surface area contributed by atoms with Gasteiger partial charge in [-0.15, -0.1) is 0 Å². The number of carbonyl (C=O) groups excluding carboxylic acids is 2. The van der Waals surface area contributed by atoms with Gasteiger partial charge in [-0.05, 0) is 44.3 Å². The van der Waals surface area contributed by atoms with Gasteiger partial charge in [0.15, 0.2) is 25.2 Å². The smallest absolute Gasteiger partial charge is 0.726 e. The minimum absolute atomic E-state index is 0. The van der Waals surface area contributed by atoms with E-state index in [0.717, 1.165) is 12.8 Å². The van der Waals surface area contributed by atoms with Gasteiger partial charge in [-0.3, -0.25) is 71.0 Å². The van der Waals surface area contributed by atoms with Gasteiger partial charge in [0.05, 0.1) is 38.6 Å². The van der Waals surface area contributed by atoms with E-state index in [9.17, 15) is 113 Å². The van der Waals surface area contributed by atoms with Gasteiger partial charge in [0.1, 0.15) is 0 Å². The van der Waals surface area contributed by atoms with E-state index in [-0.39, 0.29) is 491 Å². The molecule has 0 aromatic heterocycles. The van der Waals surface area contributed by atoms with Crippen LogP contribution in [-0.2, 0) is 236 Å². The van der Waals surface area contributed by atoms with Crippen LogP contribution < -0.4 is 424 Å². The predicted molar refractivity (Wildman–Crippen MR) is 375 cm³/mol. The molecule has 4 fully saturated rings. The Hall–Kier alpha value is 10.7. The van der Waals surface area contributed by atoms with E-state index in [2.05, 4.69) is 57.9 Å². The molecule has 16 atom stereocenters. The van der Waals surface area contributed by atoms with Crippen molar-refractivity contribution in [1.82, 2.24) is 10.6 Å². The molecule has 2 amide bonds. The number of ether oxygens (including phenoxy) is 10. The average molecular weight is 2500 g/mol. The van der Waals surface area contributed by atoms with E-state index in [1.54, 1.807) is 0 Å². The summed E-state index contributed by atoms with van der Waals surface area (Å²) >= 11 is 0. The van der Waals surface area contributed by atoms with Crippen molar-refractivity contribution in [3.63, 3.8) is 0 Å². The number of carbonyl (C=O) groups is 2. The monoisotopic (exact) mass is 2500 g/mol. The second kappa shape index (κ2) is 93.7. The molecule has 0 saturated carbocycles. The van der Waals surface area contributed by atoms with Gasteiger partial charge in [-0.25, -0.2) is 118 Å². The second-order valence-electron chi connectivity index (χ2n) is 23.3. The van der Waals surface area contributed by atoms with Crippen molar-refractivity contribution in [2.24, 2.45) is 0 Å². The quantitative estimate of drug-likeness (QED) is 0.00922. The molecule has 98 heteroatoms. The van der Waals surface area contributed by atoms with Crippen molar-refractivity contribution in [3.8, 4) is 0 Å². The molecule has 70 nitrogen and oxygen atoms in total. The van der Waals surface area contributed by atoms with Gasteiger partial charge in [-0.2, -0.15) is 0 Å². The van der Waals surface area contributed by atoms with Crippen LogP contribution in [0.15, 0.2) is 0 Å². The van der Waals surface area contributed by atoms with Crippen LogP contribution in [0.4, 0.5) is 0 Å². The maximum Gasteiger partial charge on any atom is 1.00 e. The third kappa shape index (κ3) is 138. The Kier molecular flexibility index (Phi) is 126. The summed E-state index contributed by atoms with van der Waals surface area (Å²) in [5.74, 6) is -0.599. The second-order valence-corrected chi connectivity index (χ2v) is 36.5. The summed E-state index contributed by atoms with van der Waals surface area (Å²) in [7, 11) is -74.4. The third-order valence-corrected chi connectivity index (χ3v) is 16.5. The van der Waals surface area contributed by atoms with Crippen molar-refractivity contribution in [2.45, 2.75) is 169 Å². The van der Waals surface area contributed by atoms with E-state index in [1.165, 1.54) is 0 Å². The maximum atomic E-state index is 12.3. The van der Waals surface area contributed by atoms with Gasteiger partial charge in [-0.1, -0.05) is 50.1 Å². The molecule has 0 bridgehead atoms. The van der Waals surface area contributed by atoms with Crippen LogP contribution in [0.1, 0.15) is 70.6 Å². The summed E-state index contributed by atoms with van der Waals surface area (Å²) in [5, 5.41) is 5.45. The Bertz CT molecular complexity index is 4610. The number of amides is 2. The molecule has 0 aliphatic carbocycles. The van der Waals surface area contributed by atoms with Crippen LogP contribution >= 0.6 is 0 Å². The molecule has 4 rings (SSSR count). The summed E-state index contributed by atoms with van der Waals surface area (Å²) in [5.41, 5.74) is 0. The number of rotatable bonds is 48. The van der Waals surface area contributed by atoms with E-state index < -0.39 is 257 Å². The minimum Gasteiger partial charge on any atom is -0.726 e. The SMILES string of the molecule is O=S(=O)([O-])O.O=S(=O)([O-])O.O=S(=O)([O-])O.O=S(=O)([O-])O.O=S(=O)([O-])O.O=S(=O)([O-])O.[CH2-]C1OC(OCCCCCCNC(=O)CCOCCCOCCC(=O)NCCCCCCOC2OC([CH2-])C(OC3OC(COS(=O)(=O)[O-])C(OS(=O)(=O)[O-])[CH-]C3OS(=O)(=O)[O-])[CH-]C2OS(=O)(=O)[O-])C(OS(=O)(=O)[O-])[CH-]C1OC1OC(COS(=O)(=O)[O-])C(OS(=O)(=O)[O-])[CH-]C1OS(=O)(=O)[O-].[Na+].[Na+].[Na+].[Na+].[Na+].[Na+].[Na+].[Na+].[Na+].[Na+].[Na+].[Na+].[Na+].[Na+]. The van der Waals surface area contributed by atoms with E-state index in [1.807, 2.05) is 0 Å². The standard InChI is InChI=1S/C45H76N2O44S8.14Na.6H2O4S/c1-28-30(82-44-36(90-98(68,69)70)24-32(86-94(56,57)58)38(84-44)26-78-92(50,51)52)22-34(88-96(62,63)64)42(80-28)76-18-9-5-3-7-14-46-40(48)12-20-74-16-11-17-75-21-13-41(49)47-15-8-4-6-10-19-77-43-35(89-97(65,66)67)23-31(29(2)81-43)83-45-37(91-99(71,72)73)25-33(87-95(59,60)61)39(85-45)27-79-93(53,54)55;;;;;;;;;;;;;;;6*1-5(2,3)4/h22-25,28-39,42-45H,1-21,26-27H2,(H,46,48)(H,47,49)(H,50,51,52)(H,53,54,55)(H,56,57,58)(H,59,60,61)(H,62,63,64)(H,65,66,67)(H,68,69,70)(H,71,72,73);;;;;;;;;;;;;;;6*(H2,1,2,3,4)/q-6;14*+1;;;;;;/p-14. The van der Waals surface area contributed by atoms with Crippen molar-refractivity contribution in [3.05, 3.63) is 39.5 Å². The molecule has 776 valence electrons. The summed E-state index contributed by atoms with van der Waals surface area (Å²) in [6, 6.07) is 0. The Morgan fingerprint density at radius 3 is 0.685 bits per heavy atom. The number of hydrogen-bond acceptors (Lipinski definition) is 62. The van der Waals surface area contributed by atoms with E-state index in [0.29, 0.717) is 70.6 Å². The zero-order chi connectivity index (χ0) is 101. The zero-order valence-corrected chi connectivity index (χ0v) is 117. The van der Waals surface area contributed by atoms with Crippen LogP contribution in [0, 0.1) is 39.5 Å².